The van der Waals surface area contributed by atoms with Gasteiger partial charge in [0.05, 0.1) is 12.2 Å². The van der Waals surface area contributed by atoms with Crippen molar-refractivity contribution in [2.75, 3.05) is 6.61 Å². The molecule has 0 radical (unpaired) electrons. The maximum absolute atomic E-state index is 14.6. The molecule has 0 heterocycles. The molecule has 42 heavy (non-hydrogen) atoms. The number of unbranched alkanes of at least 4 members (excludes halogenated alkanes) is 6. The van der Waals surface area contributed by atoms with Crippen LogP contribution in [-0.2, 0) is 16.0 Å². The van der Waals surface area contributed by atoms with Crippen LogP contribution in [-0.4, -0.2) is 30.8 Å². The van der Waals surface area contributed by atoms with Gasteiger partial charge in [0.25, 0.3) is 0 Å². The van der Waals surface area contributed by atoms with Crippen molar-refractivity contribution in [3.05, 3.63) is 59.4 Å². The topological polar surface area (TPSA) is 61.8 Å². The first-order valence-electron chi connectivity index (χ1n) is 16.0. The highest BCUT2D eigenvalue weighted by atomic mass is 19.1. The molecule has 0 bridgehead atoms. The Bertz CT molecular complexity index is 1080. The van der Waals surface area contributed by atoms with Gasteiger partial charge in [-0.05, 0) is 87.1 Å². The zero-order valence-electron chi connectivity index (χ0n) is 25.4. The minimum atomic E-state index is -1.51. The number of esters is 2. The van der Waals surface area contributed by atoms with Gasteiger partial charge < -0.3 is 14.2 Å². The highest BCUT2D eigenvalue weighted by Crippen LogP contribution is 2.30. The second-order valence-electron chi connectivity index (χ2n) is 11.5. The van der Waals surface area contributed by atoms with E-state index in [4.69, 9.17) is 14.2 Å². The van der Waals surface area contributed by atoms with Crippen LogP contribution in [0.2, 0.25) is 0 Å². The molecule has 3 rings (SSSR count). The molecular formula is C35H48F2O5. The zero-order chi connectivity index (χ0) is 30.2. The molecule has 1 aliphatic rings. The summed E-state index contributed by atoms with van der Waals surface area (Å²) in [6, 6.07) is 11.5. The van der Waals surface area contributed by atoms with E-state index in [0.717, 1.165) is 63.4 Å². The molecule has 1 aliphatic carbocycles. The van der Waals surface area contributed by atoms with E-state index in [1.165, 1.54) is 37.8 Å². The Labute approximate surface area is 250 Å². The number of ether oxygens (including phenoxy) is 3. The smallest absolute Gasteiger partial charge is 0.346 e. The summed E-state index contributed by atoms with van der Waals surface area (Å²) in [5, 5.41) is 0. The largest absolute Gasteiger partial charge is 0.493 e. The molecule has 0 spiro atoms. The molecule has 1 fully saturated rings. The number of hydrogen-bond acceptors (Lipinski definition) is 5. The summed E-state index contributed by atoms with van der Waals surface area (Å²) < 4.78 is 45.0. The number of halogens is 2. The van der Waals surface area contributed by atoms with Gasteiger partial charge >= 0.3 is 11.9 Å². The minimum Gasteiger partial charge on any atom is -0.493 e. The van der Waals surface area contributed by atoms with Gasteiger partial charge in [-0.25, -0.2) is 18.4 Å². The van der Waals surface area contributed by atoms with Gasteiger partial charge in [0.1, 0.15) is 23.4 Å². The van der Waals surface area contributed by atoms with Gasteiger partial charge in [0, 0.05) is 6.07 Å². The molecule has 0 aromatic heterocycles. The zero-order valence-corrected chi connectivity index (χ0v) is 25.4. The number of benzene rings is 2. The van der Waals surface area contributed by atoms with Crippen molar-refractivity contribution in [2.45, 2.75) is 122 Å². The van der Waals surface area contributed by atoms with E-state index < -0.39 is 23.9 Å². The second kappa shape index (κ2) is 18.6. The van der Waals surface area contributed by atoms with E-state index in [-0.39, 0.29) is 18.1 Å². The second-order valence-corrected chi connectivity index (χ2v) is 11.5. The van der Waals surface area contributed by atoms with Gasteiger partial charge in [-0.1, -0.05) is 70.9 Å². The highest BCUT2D eigenvalue weighted by Gasteiger charge is 2.27. The van der Waals surface area contributed by atoms with Gasteiger partial charge in [-0.2, -0.15) is 0 Å². The Kier molecular flexibility index (Phi) is 14.8. The molecule has 0 unspecified atom stereocenters. The normalized spacial score (nSPS) is 17.4. The Morgan fingerprint density at radius 1 is 0.857 bits per heavy atom. The molecule has 7 heteroatoms. The number of rotatable bonds is 18. The SMILES string of the molecule is CCCCCCCCOc1ccc(C(=O)Oc2ccc(CC[C@H]3CC[C@H](OC(=O)[C@@H](F)CCCC)CC3)cc2)c(F)c1. The van der Waals surface area contributed by atoms with Crippen LogP contribution in [0.1, 0.15) is 120 Å². The van der Waals surface area contributed by atoms with Crippen molar-refractivity contribution in [3.63, 3.8) is 0 Å². The monoisotopic (exact) mass is 586 g/mol. The van der Waals surface area contributed by atoms with Crippen LogP contribution >= 0.6 is 0 Å². The number of carbonyl (C=O) groups excluding carboxylic acids is 2. The molecule has 5 nitrogen and oxygen atoms in total. The molecule has 232 valence electrons. The molecule has 2 aromatic rings. The van der Waals surface area contributed by atoms with E-state index >= 15 is 0 Å². The first kappa shape index (κ1) is 33.5. The fourth-order valence-corrected chi connectivity index (χ4v) is 5.36. The Morgan fingerprint density at radius 2 is 1.52 bits per heavy atom. The van der Waals surface area contributed by atoms with Crippen LogP contribution in [0.25, 0.3) is 0 Å². The fraction of sp³-hybridized carbons (Fsp3) is 0.600. The average Bonchev–Trinajstić information content (AvgIpc) is 2.99. The summed E-state index contributed by atoms with van der Waals surface area (Å²) in [6.45, 7) is 4.69. The van der Waals surface area contributed by atoms with E-state index in [1.807, 2.05) is 19.1 Å². The Hall–Kier alpha value is -2.96. The summed E-state index contributed by atoms with van der Waals surface area (Å²) in [5.41, 5.74) is 0.993. The van der Waals surface area contributed by atoms with Gasteiger partial charge in [-0.3, -0.25) is 0 Å². The maximum Gasteiger partial charge on any atom is 0.346 e. The lowest BCUT2D eigenvalue weighted by Gasteiger charge is -2.28. The molecule has 0 saturated heterocycles. The molecule has 1 saturated carbocycles. The van der Waals surface area contributed by atoms with Crippen molar-refractivity contribution >= 4 is 11.9 Å². The quantitative estimate of drug-likeness (QED) is 0.0989. The van der Waals surface area contributed by atoms with Gasteiger partial charge in [0.2, 0.25) is 0 Å². The van der Waals surface area contributed by atoms with Crippen LogP contribution < -0.4 is 9.47 Å². The lowest BCUT2D eigenvalue weighted by Crippen LogP contribution is -2.29. The van der Waals surface area contributed by atoms with Crippen LogP contribution in [0.4, 0.5) is 8.78 Å². The number of aryl methyl sites for hydroxylation is 1. The van der Waals surface area contributed by atoms with Gasteiger partial charge in [-0.15, -0.1) is 0 Å². The minimum absolute atomic E-state index is 0.129. The molecule has 0 aliphatic heterocycles. The summed E-state index contributed by atoms with van der Waals surface area (Å²) in [7, 11) is 0. The van der Waals surface area contributed by atoms with Crippen LogP contribution in [0, 0.1) is 11.7 Å². The summed E-state index contributed by atoms with van der Waals surface area (Å²) in [6.07, 6.45) is 12.3. The summed E-state index contributed by atoms with van der Waals surface area (Å²) in [4.78, 5) is 24.5. The highest BCUT2D eigenvalue weighted by molar-refractivity contribution is 5.91. The number of carbonyl (C=O) groups is 2. The van der Waals surface area contributed by atoms with E-state index in [2.05, 4.69) is 6.92 Å². The van der Waals surface area contributed by atoms with Crippen molar-refractivity contribution in [1.82, 2.24) is 0 Å². The van der Waals surface area contributed by atoms with E-state index in [0.29, 0.717) is 30.4 Å². The third kappa shape index (κ3) is 11.7. The molecule has 1 atom stereocenters. The van der Waals surface area contributed by atoms with Crippen molar-refractivity contribution < 1.29 is 32.6 Å². The first-order valence-corrected chi connectivity index (χ1v) is 16.0. The average molecular weight is 587 g/mol. The Balaban J connectivity index is 1.36. The predicted molar refractivity (Wildman–Crippen MR) is 161 cm³/mol. The third-order valence-corrected chi connectivity index (χ3v) is 8.05. The van der Waals surface area contributed by atoms with E-state index in [1.54, 1.807) is 18.2 Å². The van der Waals surface area contributed by atoms with E-state index in [9.17, 15) is 18.4 Å². The molecular weight excluding hydrogens is 538 g/mol. The number of alkyl halides is 1. The maximum atomic E-state index is 14.6. The third-order valence-electron chi connectivity index (χ3n) is 8.05. The van der Waals surface area contributed by atoms with Crippen molar-refractivity contribution in [2.24, 2.45) is 5.92 Å². The molecule has 0 amide bonds. The molecule has 2 aromatic carbocycles. The lowest BCUT2D eigenvalue weighted by atomic mass is 9.83. The van der Waals surface area contributed by atoms with Crippen LogP contribution in [0.15, 0.2) is 42.5 Å². The fourth-order valence-electron chi connectivity index (χ4n) is 5.36. The van der Waals surface area contributed by atoms with Crippen molar-refractivity contribution in [3.8, 4) is 11.5 Å². The summed E-state index contributed by atoms with van der Waals surface area (Å²) >= 11 is 0. The molecule has 0 N–H and O–H groups in total. The number of hydrogen-bond donors (Lipinski definition) is 0. The predicted octanol–water partition coefficient (Wildman–Crippen LogP) is 9.35. The standard InChI is InChI=1S/C35H48F2O5/c1-3-5-7-8-9-10-24-40-30-22-23-31(33(37)25-30)34(38)41-28-18-14-26(15-19-28)12-13-27-16-20-29(21-17-27)42-35(39)32(36)11-6-4-2/h14-15,18-19,22-23,25,27,29,32H,3-13,16-17,20-21,24H2,1-2H3/t27-,29-,32-/m0/s1. The van der Waals surface area contributed by atoms with Crippen LogP contribution in [0.3, 0.4) is 0 Å². The first-order chi connectivity index (χ1) is 20.4. The lowest BCUT2D eigenvalue weighted by molar-refractivity contribution is -0.157. The van der Waals surface area contributed by atoms with Gasteiger partial charge in [0.15, 0.2) is 6.17 Å². The Morgan fingerprint density at radius 3 is 2.21 bits per heavy atom. The van der Waals surface area contributed by atoms with Crippen molar-refractivity contribution in [1.29, 1.82) is 0 Å². The summed E-state index contributed by atoms with van der Waals surface area (Å²) in [5.74, 6) is -0.821. The van der Waals surface area contributed by atoms with Crippen LogP contribution in [0.5, 0.6) is 11.5 Å².